The van der Waals surface area contributed by atoms with E-state index >= 15 is 0 Å². The Morgan fingerprint density at radius 2 is 2.31 bits per heavy atom. The van der Waals surface area contributed by atoms with Gasteiger partial charge in [-0.3, -0.25) is 0 Å². The molecule has 0 radical (unpaired) electrons. The SMILES string of the molecule is CCCNCc1nnc(-c2ccc(Cl)s2)o1. The fourth-order valence-corrected chi connectivity index (χ4v) is 2.19. The van der Waals surface area contributed by atoms with Gasteiger partial charge in [0.1, 0.15) is 0 Å². The summed E-state index contributed by atoms with van der Waals surface area (Å²) in [5.41, 5.74) is 0. The van der Waals surface area contributed by atoms with Gasteiger partial charge in [-0.15, -0.1) is 21.5 Å². The van der Waals surface area contributed by atoms with Crippen molar-refractivity contribution < 1.29 is 4.42 Å². The van der Waals surface area contributed by atoms with E-state index in [9.17, 15) is 0 Å². The summed E-state index contributed by atoms with van der Waals surface area (Å²) in [6.45, 7) is 3.67. The lowest BCUT2D eigenvalue weighted by Gasteiger charge is -1.96. The van der Waals surface area contributed by atoms with Gasteiger partial charge in [-0.25, -0.2) is 0 Å². The van der Waals surface area contributed by atoms with Crippen molar-refractivity contribution >= 4 is 22.9 Å². The number of nitrogens with zero attached hydrogens (tertiary/aromatic N) is 2. The van der Waals surface area contributed by atoms with E-state index in [2.05, 4.69) is 22.4 Å². The fourth-order valence-electron chi connectivity index (χ4n) is 1.23. The minimum absolute atomic E-state index is 0.533. The molecule has 1 N–H and O–H groups in total. The number of hydrogen-bond acceptors (Lipinski definition) is 5. The molecule has 0 bridgehead atoms. The van der Waals surface area contributed by atoms with Crippen LogP contribution in [0.1, 0.15) is 19.2 Å². The minimum Gasteiger partial charge on any atom is -0.419 e. The van der Waals surface area contributed by atoms with Crippen LogP contribution >= 0.6 is 22.9 Å². The Morgan fingerprint density at radius 1 is 1.44 bits per heavy atom. The van der Waals surface area contributed by atoms with Crippen LogP contribution in [0.25, 0.3) is 10.8 Å². The van der Waals surface area contributed by atoms with Gasteiger partial charge < -0.3 is 9.73 Å². The second-order valence-electron chi connectivity index (χ2n) is 3.28. The lowest BCUT2D eigenvalue weighted by molar-refractivity contribution is 0.478. The molecule has 2 rings (SSSR count). The largest absolute Gasteiger partial charge is 0.419 e. The van der Waals surface area contributed by atoms with E-state index in [4.69, 9.17) is 16.0 Å². The molecule has 2 heterocycles. The first-order valence-corrected chi connectivity index (χ1v) is 6.28. The summed E-state index contributed by atoms with van der Waals surface area (Å²) in [6.07, 6.45) is 1.08. The van der Waals surface area contributed by atoms with E-state index in [0.29, 0.717) is 18.3 Å². The first kappa shape index (κ1) is 11.6. The van der Waals surface area contributed by atoms with Crippen LogP contribution < -0.4 is 5.32 Å². The van der Waals surface area contributed by atoms with Gasteiger partial charge in [-0.1, -0.05) is 18.5 Å². The van der Waals surface area contributed by atoms with Crippen molar-refractivity contribution in [2.24, 2.45) is 0 Å². The van der Waals surface area contributed by atoms with Crippen LogP contribution in [-0.4, -0.2) is 16.7 Å². The molecule has 0 aliphatic carbocycles. The Labute approximate surface area is 103 Å². The highest BCUT2D eigenvalue weighted by molar-refractivity contribution is 7.19. The average Bonchev–Trinajstić information content (AvgIpc) is 2.87. The molecule has 0 atom stereocenters. The van der Waals surface area contributed by atoms with Gasteiger partial charge in [0.15, 0.2) is 0 Å². The molecule has 0 unspecified atom stereocenters. The number of aromatic nitrogens is 2. The molecule has 0 saturated heterocycles. The lowest BCUT2D eigenvalue weighted by atomic mass is 10.5. The Kier molecular flexibility index (Phi) is 3.93. The summed E-state index contributed by atoms with van der Waals surface area (Å²) in [7, 11) is 0. The monoisotopic (exact) mass is 257 g/mol. The smallest absolute Gasteiger partial charge is 0.257 e. The van der Waals surface area contributed by atoms with E-state index in [-0.39, 0.29) is 0 Å². The van der Waals surface area contributed by atoms with Gasteiger partial charge in [0, 0.05) is 0 Å². The van der Waals surface area contributed by atoms with E-state index in [0.717, 1.165) is 22.2 Å². The van der Waals surface area contributed by atoms with Gasteiger partial charge in [-0.2, -0.15) is 0 Å². The second kappa shape index (κ2) is 5.43. The Hall–Kier alpha value is -0.910. The highest BCUT2D eigenvalue weighted by atomic mass is 35.5. The maximum absolute atomic E-state index is 5.84. The highest BCUT2D eigenvalue weighted by Gasteiger charge is 2.10. The molecule has 16 heavy (non-hydrogen) atoms. The molecule has 2 aromatic heterocycles. The molecule has 4 nitrogen and oxygen atoms in total. The summed E-state index contributed by atoms with van der Waals surface area (Å²) < 4.78 is 6.22. The molecule has 0 aromatic carbocycles. The molecular formula is C10H12ClN3OS. The fraction of sp³-hybridized carbons (Fsp3) is 0.400. The third kappa shape index (κ3) is 2.81. The quantitative estimate of drug-likeness (QED) is 0.837. The number of thiophene rings is 1. The third-order valence-electron chi connectivity index (χ3n) is 1.95. The van der Waals surface area contributed by atoms with Crippen molar-refractivity contribution in [2.75, 3.05) is 6.54 Å². The van der Waals surface area contributed by atoms with E-state index in [1.165, 1.54) is 11.3 Å². The molecule has 0 saturated carbocycles. The van der Waals surface area contributed by atoms with Gasteiger partial charge in [0.2, 0.25) is 5.89 Å². The minimum atomic E-state index is 0.533. The van der Waals surface area contributed by atoms with Gasteiger partial charge in [0.25, 0.3) is 5.89 Å². The highest BCUT2D eigenvalue weighted by Crippen LogP contribution is 2.29. The number of rotatable bonds is 5. The maximum atomic E-state index is 5.84. The van der Waals surface area contributed by atoms with Gasteiger partial charge in [-0.05, 0) is 25.1 Å². The average molecular weight is 258 g/mol. The zero-order valence-electron chi connectivity index (χ0n) is 8.86. The molecular weight excluding hydrogens is 246 g/mol. The zero-order valence-corrected chi connectivity index (χ0v) is 10.4. The predicted octanol–water partition coefficient (Wildman–Crippen LogP) is 2.95. The number of nitrogens with one attached hydrogen (secondary N) is 1. The lowest BCUT2D eigenvalue weighted by Crippen LogP contribution is -2.13. The van der Waals surface area contributed by atoms with E-state index < -0.39 is 0 Å². The molecule has 0 amide bonds. The normalized spacial score (nSPS) is 10.9. The maximum Gasteiger partial charge on any atom is 0.257 e. The topological polar surface area (TPSA) is 51.0 Å². The summed E-state index contributed by atoms with van der Waals surface area (Å²) in [6, 6.07) is 3.70. The molecule has 2 aromatic rings. The number of hydrogen-bond donors (Lipinski definition) is 1. The van der Waals surface area contributed by atoms with Crippen LogP contribution in [0.15, 0.2) is 16.5 Å². The Morgan fingerprint density at radius 3 is 3.00 bits per heavy atom. The summed E-state index contributed by atoms with van der Waals surface area (Å²) in [4.78, 5) is 0.902. The van der Waals surface area contributed by atoms with Crippen molar-refractivity contribution in [3.63, 3.8) is 0 Å². The van der Waals surface area contributed by atoms with Crippen molar-refractivity contribution in [1.82, 2.24) is 15.5 Å². The van der Waals surface area contributed by atoms with Crippen molar-refractivity contribution in [3.05, 3.63) is 22.4 Å². The van der Waals surface area contributed by atoms with E-state index in [1.807, 2.05) is 12.1 Å². The van der Waals surface area contributed by atoms with Crippen LogP contribution in [-0.2, 0) is 6.54 Å². The zero-order chi connectivity index (χ0) is 11.4. The van der Waals surface area contributed by atoms with Crippen LogP contribution in [0, 0.1) is 0 Å². The molecule has 86 valence electrons. The summed E-state index contributed by atoms with van der Waals surface area (Å²) in [5.74, 6) is 1.14. The standard InChI is InChI=1S/C10H12ClN3OS/c1-2-5-12-6-9-13-14-10(15-9)7-3-4-8(11)16-7/h3-4,12H,2,5-6H2,1H3. The van der Waals surface area contributed by atoms with Crippen LogP contribution in [0.2, 0.25) is 4.34 Å². The molecule has 0 spiro atoms. The molecule has 0 fully saturated rings. The molecule has 0 aliphatic rings. The first-order valence-electron chi connectivity index (χ1n) is 5.08. The second-order valence-corrected chi connectivity index (χ2v) is 5.00. The molecule has 6 heteroatoms. The van der Waals surface area contributed by atoms with Crippen molar-refractivity contribution in [1.29, 1.82) is 0 Å². The number of halogens is 1. The van der Waals surface area contributed by atoms with Gasteiger partial charge in [0.05, 0.1) is 15.8 Å². The Bertz CT molecular complexity index is 454. The van der Waals surface area contributed by atoms with E-state index in [1.54, 1.807) is 0 Å². The van der Waals surface area contributed by atoms with Crippen molar-refractivity contribution in [3.8, 4) is 10.8 Å². The summed E-state index contributed by atoms with van der Waals surface area (Å²) >= 11 is 7.27. The van der Waals surface area contributed by atoms with Crippen LogP contribution in [0.5, 0.6) is 0 Å². The molecule has 0 aliphatic heterocycles. The third-order valence-corrected chi connectivity index (χ3v) is 3.17. The predicted molar refractivity (Wildman–Crippen MR) is 64.6 cm³/mol. The van der Waals surface area contributed by atoms with Crippen LogP contribution in [0.3, 0.4) is 0 Å². The van der Waals surface area contributed by atoms with Crippen LogP contribution in [0.4, 0.5) is 0 Å². The Balaban J connectivity index is 2.02. The van der Waals surface area contributed by atoms with Gasteiger partial charge >= 0.3 is 0 Å². The van der Waals surface area contributed by atoms with Crippen molar-refractivity contribution in [2.45, 2.75) is 19.9 Å². The summed E-state index contributed by atoms with van der Waals surface area (Å²) in [5, 5.41) is 11.1. The first-order chi connectivity index (χ1) is 7.79.